The maximum Gasteiger partial charge on any atom is 0.107 e. The molecule has 28 heavy (non-hydrogen) atoms. The molecule has 0 saturated carbocycles. The van der Waals surface area contributed by atoms with Crippen LogP contribution in [0.4, 0.5) is 0 Å². The second-order valence-electron chi connectivity index (χ2n) is 6.40. The van der Waals surface area contributed by atoms with E-state index in [9.17, 15) is 0 Å². The largest absolute Gasteiger partial charge is 0.306 e. The number of nitrogens with zero attached hydrogens (tertiary/aromatic N) is 1. The standard InChI is InChI=1S/C23H18Cl2N2S/c24-20-11-10-19(21(25)12-20)13-26-15-23-27-14-22(28-23)18-8-6-17(7-9-18)16-4-2-1-3-5-16/h1-12,14,26H,13,15H2. The first-order valence-corrected chi connectivity index (χ1v) is 10.5. The molecule has 0 fully saturated rings. The van der Waals surface area contributed by atoms with Gasteiger partial charge in [0.25, 0.3) is 0 Å². The predicted octanol–water partition coefficient (Wildman–Crippen LogP) is 7.07. The fourth-order valence-electron chi connectivity index (χ4n) is 2.95. The number of benzene rings is 3. The molecule has 0 atom stereocenters. The number of halogens is 2. The first-order valence-electron chi connectivity index (χ1n) is 8.94. The van der Waals surface area contributed by atoms with E-state index in [1.54, 1.807) is 17.4 Å². The number of nitrogens with one attached hydrogen (secondary N) is 1. The number of rotatable bonds is 6. The molecule has 0 amide bonds. The van der Waals surface area contributed by atoms with Crippen molar-refractivity contribution in [2.45, 2.75) is 13.1 Å². The molecule has 4 rings (SSSR count). The monoisotopic (exact) mass is 424 g/mol. The Kier molecular flexibility index (Phi) is 6.08. The van der Waals surface area contributed by atoms with Gasteiger partial charge < -0.3 is 5.32 Å². The van der Waals surface area contributed by atoms with E-state index in [4.69, 9.17) is 23.2 Å². The van der Waals surface area contributed by atoms with Gasteiger partial charge in [-0.2, -0.15) is 0 Å². The Labute approximate surface area is 178 Å². The highest BCUT2D eigenvalue weighted by molar-refractivity contribution is 7.15. The quantitative estimate of drug-likeness (QED) is 0.357. The second kappa shape index (κ2) is 8.89. The minimum Gasteiger partial charge on any atom is -0.306 e. The fraction of sp³-hybridized carbons (Fsp3) is 0.0870. The van der Waals surface area contributed by atoms with Crippen molar-refractivity contribution in [3.63, 3.8) is 0 Å². The van der Waals surface area contributed by atoms with Crippen LogP contribution in [0.25, 0.3) is 21.6 Å². The van der Waals surface area contributed by atoms with Crippen LogP contribution in [0.1, 0.15) is 10.6 Å². The third kappa shape index (κ3) is 4.62. The van der Waals surface area contributed by atoms with Crippen LogP contribution in [0, 0.1) is 0 Å². The molecule has 0 saturated heterocycles. The first-order chi connectivity index (χ1) is 13.7. The molecule has 0 aliphatic carbocycles. The van der Waals surface area contributed by atoms with E-state index in [2.05, 4.69) is 58.8 Å². The highest BCUT2D eigenvalue weighted by Gasteiger charge is 2.06. The maximum absolute atomic E-state index is 6.21. The van der Waals surface area contributed by atoms with Crippen molar-refractivity contribution >= 4 is 34.5 Å². The van der Waals surface area contributed by atoms with Gasteiger partial charge in [-0.3, -0.25) is 0 Å². The summed E-state index contributed by atoms with van der Waals surface area (Å²) in [5, 5.41) is 5.77. The molecular weight excluding hydrogens is 407 g/mol. The SMILES string of the molecule is Clc1ccc(CNCc2ncc(-c3ccc(-c4ccccc4)cc3)s2)c(Cl)c1. The molecule has 2 nitrogen and oxygen atoms in total. The molecule has 1 N–H and O–H groups in total. The van der Waals surface area contributed by atoms with E-state index in [0.717, 1.165) is 10.6 Å². The molecule has 0 aliphatic heterocycles. The van der Waals surface area contributed by atoms with Crippen molar-refractivity contribution in [2.24, 2.45) is 0 Å². The Bertz CT molecular complexity index is 1060. The van der Waals surface area contributed by atoms with Crippen molar-refractivity contribution in [3.8, 4) is 21.6 Å². The summed E-state index contributed by atoms with van der Waals surface area (Å²) in [5.41, 5.74) is 4.66. The predicted molar refractivity (Wildman–Crippen MR) is 120 cm³/mol. The lowest BCUT2D eigenvalue weighted by molar-refractivity contribution is 0.690. The summed E-state index contributed by atoms with van der Waals surface area (Å²) < 4.78 is 0. The zero-order valence-electron chi connectivity index (χ0n) is 15.0. The van der Waals surface area contributed by atoms with Crippen LogP contribution in [-0.4, -0.2) is 4.98 Å². The minimum absolute atomic E-state index is 0.650. The molecule has 5 heteroatoms. The molecule has 0 radical (unpaired) electrons. The van der Waals surface area contributed by atoms with Crippen molar-refractivity contribution < 1.29 is 0 Å². The highest BCUT2D eigenvalue weighted by Crippen LogP contribution is 2.29. The van der Waals surface area contributed by atoms with Gasteiger partial charge in [-0.05, 0) is 34.4 Å². The third-order valence-corrected chi connectivity index (χ3v) is 6.07. The van der Waals surface area contributed by atoms with E-state index in [1.807, 2.05) is 24.4 Å². The lowest BCUT2D eigenvalue weighted by Crippen LogP contribution is -2.12. The number of aromatic nitrogens is 1. The second-order valence-corrected chi connectivity index (χ2v) is 8.36. The van der Waals surface area contributed by atoms with Gasteiger partial charge in [0.1, 0.15) is 5.01 Å². The lowest BCUT2D eigenvalue weighted by Gasteiger charge is -2.05. The van der Waals surface area contributed by atoms with E-state index in [-0.39, 0.29) is 0 Å². The van der Waals surface area contributed by atoms with Gasteiger partial charge in [-0.15, -0.1) is 11.3 Å². The van der Waals surface area contributed by atoms with E-state index in [1.165, 1.54) is 21.6 Å². The van der Waals surface area contributed by atoms with Crippen LogP contribution < -0.4 is 5.32 Å². The highest BCUT2D eigenvalue weighted by atomic mass is 35.5. The molecular formula is C23H18Cl2N2S. The summed E-state index contributed by atoms with van der Waals surface area (Å²) in [6.45, 7) is 1.38. The zero-order valence-corrected chi connectivity index (χ0v) is 17.4. The average molecular weight is 425 g/mol. The summed E-state index contributed by atoms with van der Waals surface area (Å²) in [6.07, 6.45) is 1.94. The molecule has 3 aromatic carbocycles. The smallest absolute Gasteiger partial charge is 0.107 e. The van der Waals surface area contributed by atoms with Gasteiger partial charge in [-0.25, -0.2) is 4.98 Å². The van der Waals surface area contributed by atoms with Crippen LogP contribution in [0.2, 0.25) is 10.0 Å². The van der Waals surface area contributed by atoms with Crippen LogP contribution in [-0.2, 0) is 13.1 Å². The van der Waals surface area contributed by atoms with Gasteiger partial charge in [0.05, 0.1) is 4.88 Å². The normalized spacial score (nSPS) is 10.9. The van der Waals surface area contributed by atoms with Gasteiger partial charge in [0.2, 0.25) is 0 Å². The van der Waals surface area contributed by atoms with Crippen molar-refractivity contribution in [1.82, 2.24) is 10.3 Å². The molecule has 4 aromatic rings. The Morgan fingerprint density at radius 1 is 0.786 bits per heavy atom. The van der Waals surface area contributed by atoms with Crippen LogP contribution in [0.15, 0.2) is 79.0 Å². The Morgan fingerprint density at radius 3 is 2.25 bits per heavy atom. The number of hydrogen-bond acceptors (Lipinski definition) is 3. The van der Waals surface area contributed by atoms with Crippen LogP contribution in [0.3, 0.4) is 0 Å². The van der Waals surface area contributed by atoms with Crippen molar-refractivity contribution in [3.05, 3.63) is 99.6 Å². The summed E-state index contributed by atoms with van der Waals surface area (Å²) in [4.78, 5) is 5.71. The van der Waals surface area contributed by atoms with Crippen LogP contribution in [0.5, 0.6) is 0 Å². The van der Waals surface area contributed by atoms with Gasteiger partial charge >= 0.3 is 0 Å². The summed E-state index contributed by atoms with van der Waals surface area (Å²) >= 11 is 13.9. The van der Waals surface area contributed by atoms with Gasteiger partial charge in [-0.1, -0.05) is 83.9 Å². The molecule has 1 heterocycles. The average Bonchev–Trinajstić information content (AvgIpc) is 3.19. The molecule has 0 aliphatic rings. The van der Waals surface area contributed by atoms with Crippen molar-refractivity contribution in [1.29, 1.82) is 0 Å². The van der Waals surface area contributed by atoms with E-state index in [0.29, 0.717) is 23.1 Å². The summed E-state index contributed by atoms with van der Waals surface area (Å²) in [7, 11) is 0. The molecule has 140 valence electrons. The lowest BCUT2D eigenvalue weighted by atomic mass is 10.0. The fourth-order valence-corrected chi connectivity index (χ4v) is 4.32. The van der Waals surface area contributed by atoms with E-state index >= 15 is 0 Å². The van der Waals surface area contributed by atoms with Crippen LogP contribution >= 0.6 is 34.5 Å². The summed E-state index contributed by atoms with van der Waals surface area (Å²) in [6, 6.07) is 24.6. The third-order valence-electron chi connectivity index (χ3n) is 4.44. The topological polar surface area (TPSA) is 24.9 Å². The van der Waals surface area contributed by atoms with Gasteiger partial charge in [0.15, 0.2) is 0 Å². The molecule has 0 spiro atoms. The zero-order chi connectivity index (χ0) is 19.3. The molecule has 0 unspecified atom stereocenters. The summed E-state index contributed by atoms with van der Waals surface area (Å²) in [5.74, 6) is 0. The Balaban J connectivity index is 1.39. The minimum atomic E-state index is 0.650. The Morgan fingerprint density at radius 2 is 1.50 bits per heavy atom. The Hall–Kier alpha value is -2.17. The van der Waals surface area contributed by atoms with Gasteiger partial charge in [0, 0.05) is 29.3 Å². The molecule has 0 bridgehead atoms. The van der Waals surface area contributed by atoms with Crippen molar-refractivity contribution in [2.75, 3.05) is 0 Å². The van der Waals surface area contributed by atoms with E-state index < -0.39 is 0 Å². The number of hydrogen-bond donors (Lipinski definition) is 1. The first kappa shape index (κ1) is 19.2. The maximum atomic E-state index is 6.21. The number of thiazole rings is 1. The molecule has 1 aromatic heterocycles.